The highest BCUT2D eigenvalue weighted by Gasteiger charge is 1.90. The minimum atomic E-state index is 0.602. The zero-order chi connectivity index (χ0) is 7.40. The fourth-order valence-corrected chi connectivity index (χ4v) is 1.09. The van der Waals surface area contributed by atoms with Crippen molar-refractivity contribution in [2.24, 2.45) is 0 Å². The molecule has 0 aliphatic heterocycles. The van der Waals surface area contributed by atoms with Crippen LogP contribution in [0.3, 0.4) is 0 Å². The van der Waals surface area contributed by atoms with Crippen molar-refractivity contribution in [3.05, 3.63) is 29.8 Å². The molecule has 54 valence electrons. The molecule has 0 fully saturated rings. The first-order valence-corrected chi connectivity index (χ1v) is 3.88. The van der Waals surface area contributed by atoms with Crippen LogP contribution >= 0.6 is 12.0 Å². The van der Waals surface area contributed by atoms with E-state index in [1.54, 1.807) is 0 Å². The second-order valence-corrected chi connectivity index (χ2v) is 2.57. The average molecular weight is 155 g/mol. The van der Waals surface area contributed by atoms with E-state index in [1.165, 1.54) is 0 Å². The summed E-state index contributed by atoms with van der Waals surface area (Å²) in [6, 6.07) is 7.48. The number of anilines is 1. The fraction of sp³-hybridized carbons (Fsp3) is 0.143. The molecule has 0 aliphatic carbocycles. The highest BCUT2D eigenvalue weighted by molar-refractivity contribution is 7.92. The van der Waals surface area contributed by atoms with Crippen molar-refractivity contribution in [2.45, 2.75) is 5.75 Å². The lowest BCUT2D eigenvalue weighted by Crippen LogP contribution is -1.85. The third-order valence-corrected chi connectivity index (χ3v) is 1.64. The van der Waals surface area contributed by atoms with Gasteiger partial charge in [-0.05, 0) is 29.7 Å². The van der Waals surface area contributed by atoms with Gasteiger partial charge in [-0.3, -0.25) is 0 Å². The summed E-state index contributed by atoms with van der Waals surface area (Å²) < 4.78 is 8.49. The van der Waals surface area contributed by atoms with E-state index < -0.39 is 0 Å². The molecule has 1 rings (SSSR count). The maximum Gasteiger partial charge on any atom is 0.0447 e. The molecule has 0 heterocycles. The van der Waals surface area contributed by atoms with Gasteiger partial charge in [-0.1, -0.05) is 12.1 Å². The Labute approximate surface area is 64.3 Å². The highest BCUT2D eigenvalue weighted by Crippen LogP contribution is 2.11. The van der Waals surface area contributed by atoms with Gasteiger partial charge in [0.2, 0.25) is 0 Å². The molecule has 0 atom stereocenters. The van der Waals surface area contributed by atoms with Gasteiger partial charge >= 0.3 is 0 Å². The number of hydrogen-bond donors (Lipinski definition) is 2. The third kappa shape index (κ3) is 1.93. The van der Waals surface area contributed by atoms with Crippen LogP contribution in [0.15, 0.2) is 24.3 Å². The molecule has 0 aromatic heterocycles. The second kappa shape index (κ2) is 3.49. The topological polar surface area (TPSA) is 46.2 Å². The molecule has 3 heteroatoms. The molecule has 0 radical (unpaired) electrons. The molecule has 0 saturated heterocycles. The smallest absolute Gasteiger partial charge is 0.0447 e. The van der Waals surface area contributed by atoms with Crippen LogP contribution < -0.4 is 5.73 Å². The van der Waals surface area contributed by atoms with Crippen LogP contribution in [0.5, 0.6) is 0 Å². The van der Waals surface area contributed by atoms with E-state index in [0.29, 0.717) is 5.75 Å². The van der Waals surface area contributed by atoms with E-state index in [-0.39, 0.29) is 0 Å². The molecule has 0 aliphatic rings. The van der Waals surface area contributed by atoms with Crippen LogP contribution in [0, 0.1) is 0 Å². The Morgan fingerprint density at radius 1 is 1.50 bits per heavy atom. The van der Waals surface area contributed by atoms with Crippen molar-refractivity contribution >= 4 is 17.7 Å². The Balaban J connectivity index is 2.75. The van der Waals surface area contributed by atoms with E-state index >= 15 is 0 Å². The Hall–Kier alpha value is -0.670. The van der Waals surface area contributed by atoms with Crippen LogP contribution in [0.4, 0.5) is 5.69 Å². The van der Waals surface area contributed by atoms with Gasteiger partial charge in [0.05, 0.1) is 0 Å². The normalized spacial score (nSPS) is 9.70. The molecule has 0 saturated carbocycles. The number of nitrogens with two attached hydrogens (primary N) is 1. The molecule has 10 heavy (non-hydrogen) atoms. The lowest BCUT2D eigenvalue weighted by atomic mass is 10.2. The van der Waals surface area contributed by atoms with Crippen molar-refractivity contribution in [1.82, 2.24) is 0 Å². The molecule has 0 amide bonds. The second-order valence-electron chi connectivity index (χ2n) is 2.02. The first-order valence-electron chi connectivity index (χ1n) is 2.93. The lowest BCUT2D eigenvalue weighted by molar-refractivity contribution is 0.663. The van der Waals surface area contributed by atoms with E-state index in [1.807, 2.05) is 24.3 Å². The summed E-state index contributed by atoms with van der Waals surface area (Å²) in [4.78, 5) is 0. The molecule has 0 bridgehead atoms. The average Bonchev–Trinajstić information content (AvgIpc) is 1.88. The first-order chi connectivity index (χ1) is 4.83. The van der Waals surface area contributed by atoms with Gasteiger partial charge in [0, 0.05) is 11.4 Å². The lowest BCUT2D eigenvalue weighted by Gasteiger charge is -1.96. The summed E-state index contributed by atoms with van der Waals surface area (Å²) in [7, 11) is 0. The molecule has 1 aromatic carbocycles. The summed E-state index contributed by atoms with van der Waals surface area (Å²) in [5.41, 5.74) is 7.29. The minimum Gasteiger partial charge on any atom is -0.399 e. The van der Waals surface area contributed by atoms with Gasteiger partial charge in [-0.2, -0.15) is 0 Å². The Kier molecular flexibility index (Phi) is 2.59. The van der Waals surface area contributed by atoms with E-state index in [9.17, 15) is 0 Å². The van der Waals surface area contributed by atoms with Gasteiger partial charge in [0.25, 0.3) is 0 Å². The van der Waals surface area contributed by atoms with E-state index in [2.05, 4.69) is 0 Å². The monoisotopic (exact) mass is 155 g/mol. The SMILES string of the molecule is Nc1cccc(CSO)c1. The quantitative estimate of drug-likeness (QED) is 0.507. The number of hydrogen-bond acceptors (Lipinski definition) is 3. The maximum atomic E-state index is 8.49. The molecule has 0 unspecified atom stereocenters. The number of benzene rings is 1. The predicted octanol–water partition coefficient (Wildman–Crippen LogP) is 1.98. The van der Waals surface area contributed by atoms with Gasteiger partial charge in [0.15, 0.2) is 0 Å². The maximum absolute atomic E-state index is 8.49. The number of nitrogen functional groups attached to an aromatic ring is 1. The van der Waals surface area contributed by atoms with Crippen molar-refractivity contribution in [2.75, 3.05) is 5.73 Å². The third-order valence-electron chi connectivity index (χ3n) is 1.18. The van der Waals surface area contributed by atoms with Crippen molar-refractivity contribution < 1.29 is 4.55 Å². The van der Waals surface area contributed by atoms with Crippen molar-refractivity contribution in [1.29, 1.82) is 0 Å². The van der Waals surface area contributed by atoms with Crippen LogP contribution in [0.1, 0.15) is 5.56 Å². The highest BCUT2D eigenvalue weighted by atomic mass is 32.2. The molecule has 3 N–H and O–H groups in total. The summed E-state index contributed by atoms with van der Waals surface area (Å²) in [5.74, 6) is 0.602. The summed E-state index contributed by atoms with van der Waals surface area (Å²) >= 11 is 0.808. The molecule has 1 aromatic rings. The van der Waals surface area contributed by atoms with Crippen LogP contribution in [-0.4, -0.2) is 4.55 Å². The van der Waals surface area contributed by atoms with Crippen LogP contribution in [-0.2, 0) is 5.75 Å². The minimum absolute atomic E-state index is 0.602. The van der Waals surface area contributed by atoms with Crippen LogP contribution in [0.2, 0.25) is 0 Å². The van der Waals surface area contributed by atoms with Crippen LogP contribution in [0.25, 0.3) is 0 Å². The molecule has 2 nitrogen and oxygen atoms in total. The molecule has 0 spiro atoms. The summed E-state index contributed by atoms with van der Waals surface area (Å²) in [6.07, 6.45) is 0. The number of rotatable bonds is 2. The Bertz CT molecular complexity index is 215. The largest absolute Gasteiger partial charge is 0.399 e. The Morgan fingerprint density at radius 3 is 2.90 bits per heavy atom. The van der Waals surface area contributed by atoms with Gasteiger partial charge in [0.1, 0.15) is 0 Å². The fourth-order valence-electron chi connectivity index (χ4n) is 0.757. The first kappa shape index (κ1) is 7.44. The summed E-state index contributed by atoms with van der Waals surface area (Å²) in [5, 5.41) is 0. The predicted molar refractivity (Wildman–Crippen MR) is 44.8 cm³/mol. The zero-order valence-corrected chi connectivity index (χ0v) is 6.27. The van der Waals surface area contributed by atoms with Gasteiger partial charge in [-0.15, -0.1) is 0 Å². The van der Waals surface area contributed by atoms with Gasteiger partial charge < -0.3 is 10.3 Å². The summed E-state index contributed by atoms with van der Waals surface area (Å²) in [6.45, 7) is 0. The molecular weight excluding hydrogens is 146 g/mol. The zero-order valence-electron chi connectivity index (χ0n) is 5.45. The van der Waals surface area contributed by atoms with Crippen molar-refractivity contribution in [3.63, 3.8) is 0 Å². The Morgan fingerprint density at radius 2 is 2.30 bits per heavy atom. The standard InChI is InChI=1S/C7H9NOS/c8-7-3-1-2-6(4-7)5-10-9/h1-4,9H,5,8H2. The van der Waals surface area contributed by atoms with Crippen molar-refractivity contribution in [3.8, 4) is 0 Å². The molecular formula is C7H9NOS. The van der Waals surface area contributed by atoms with E-state index in [4.69, 9.17) is 10.3 Å². The van der Waals surface area contributed by atoms with E-state index in [0.717, 1.165) is 23.3 Å². The van der Waals surface area contributed by atoms with Gasteiger partial charge in [-0.25, -0.2) is 0 Å².